The van der Waals surface area contributed by atoms with Gasteiger partial charge in [-0.2, -0.15) is 0 Å². The molecule has 100 valence electrons. The minimum Gasteiger partial charge on any atom is -0.480 e. The average molecular weight is 317 g/mol. The summed E-state index contributed by atoms with van der Waals surface area (Å²) in [4.78, 5) is 11.5. The Bertz CT molecular complexity index is 379. The summed E-state index contributed by atoms with van der Waals surface area (Å²) in [7, 11) is 1.63. The van der Waals surface area contributed by atoms with Gasteiger partial charge in [0.2, 0.25) is 0 Å². The van der Waals surface area contributed by atoms with E-state index in [0.717, 1.165) is 10.9 Å². The first-order valence-electron chi connectivity index (χ1n) is 5.57. The molecule has 0 aromatic heterocycles. The van der Waals surface area contributed by atoms with Gasteiger partial charge in [-0.15, -0.1) is 0 Å². The molecule has 6 heteroatoms. The molecule has 1 aromatic rings. The zero-order valence-electron chi connectivity index (χ0n) is 10.2. The molecule has 0 fully saturated rings. The predicted molar refractivity (Wildman–Crippen MR) is 73.6 cm³/mol. The van der Waals surface area contributed by atoms with Crippen LogP contribution in [0.4, 0.5) is 5.69 Å². The Kier molecular flexibility index (Phi) is 6.53. The van der Waals surface area contributed by atoms with Gasteiger partial charge in [0.25, 0.3) is 5.91 Å². The summed E-state index contributed by atoms with van der Waals surface area (Å²) in [6.07, 6.45) is 0.777. The van der Waals surface area contributed by atoms with Gasteiger partial charge in [0.05, 0.1) is 10.2 Å². The third-order valence-corrected chi connectivity index (χ3v) is 2.82. The molecule has 1 aromatic carbocycles. The van der Waals surface area contributed by atoms with Crippen molar-refractivity contribution in [1.29, 1.82) is 0 Å². The largest absolute Gasteiger partial charge is 0.480 e. The topological polar surface area (TPSA) is 73.6 Å². The highest BCUT2D eigenvalue weighted by molar-refractivity contribution is 9.10. The van der Waals surface area contributed by atoms with E-state index < -0.39 is 0 Å². The van der Waals surface area contributed by atoms with Crippen LogP contribution in [-0.2, 0) is 9.53 Å². The quantitative estimate of drug-likeness (QED) is 0.591. The van der Waals surface area contributed by atoms with Gasteiger partial charge in [-0.3, -0.25) is 4.79 Å². The molecule has 0 saturated heterocycles. The van der Waals surface area contributed by atoms with Crippen LogP contribution in [0.2, 0.25) is 0 Å². The van der Waals surface area contributed by atoms with Crippen molar-refractivity contribution >= 4 is 27.5 Å². The van der Waals surface area contributed by atoms with E-state index in [4.69, 9.17) is 15.2 Å². The van der Waals surface area contributed by atoms with E-state index in [0.29, 0.717) is 24.6 Å². The zero-order chi connectivity index (χ0) is 13.4. The van der Waals surface area contributed by atoms with Gasteiger partial charge in [-0.05, 0) is 34.5 Å². The number of para-hydroxylation sites is 1. The number of hydrogen-bond acceptors (Lipinski definition) is 4. The maximum Gasteiger partial charge on any atom is 0.257 e. The SMILES string of the molecule is COCCCNC(=O)COc1c(N)cccc1Br. The number of carbonyl (C=O) groups is 1. The maximum absolute atomic E-state index is 11.5. The number of halogens is 1. The Morgan fingerprint density at radius 2 is 2.28 bits per heavy atom. The average Bonchev–Trinajstić information content (AvgIpc) is 2.34. The summed E-state index contributed by atoms with van der Waals surface area (Å²) in [5.41, 5.74) is 6.24. The van der Waals surface area contributed by atoms with Crippen molar-refractivity contribution in [3.8, 4) is 5.75 Å². The molecule has 0 aliphatic heterocycles. The molecule has 18 heavy (non-hydrogen) atoms. The Balaban J connectivity index is 2.34. The van der Waals surface area contributed by atoms with E-state index in [-0.39, 0.29) is 12.5 Å². The number of rotatable bonds is 7. The first-order chi connectivity index (χ1) is 8.65. The second kappa shape index (κ2) is 7.94. The molecule has 3 N–H and O–H groups in total. The second-order valence-corrected chi connectivity index (χ2v) is 4.50. The van der Waals surface area contributed by atoms with E-state index in [2.05, 4.69) is 21.2 Å². The number of carbonyl (C=O) groups excluding carboxylic acids is 1. The summed E-state index contributed by atoms with van der Waals surface area (Å²) < 4.78 is 11.0. The fraction of sp³-hybridized carbons (Fsp3) is 0.417. The van der Waals surface area contributed by atoms with Crippen molar-refractivity contribution in [2.45, 2.75) is 6.42 Å². The van der Waals surface area contributed by atoms with Crippen LogP contribution in [0, 0.1) is 0 Å². The van der Waals surface area contributed by atoms with Crippen LogP contribution < -0.4 is 15.8 Å². The standard InChI is InChI=1S/C12H17BrN2O3/c1-17-7-3-6-15-11(16)8-18-12-9(13)4-2-5-10(12)14/h2,4-5H,3,6-8,14H2,1H3,(H,15,16). The van der Waals surface area contributed by atoms with Gasteiger partial charge in [-0.1, -0.05) is 6.07 Å². The Labute approximate surface area is 115 Å². The van der Waals surface area contributed by atoms with Crippen molar-refractivity contribution < 1.29 is 14.3 Å². The van der Waals surface area contributed by atoms with Crippen LogP contribution in [0.3, 0.4) is 0 Å². The molecular weight excluding hydrogens is 300 g/mol. The van der Waals surface area contributed by atoms with Gasteiger partial charge >= 0.3 is 0 Å². The molecule has 0 aliphatic carbocycles. The molecule has 5 nitrogen and oxygen atoms in total. The summed E-state index contributed by atoms with van der Waals surface area (Å²) in [6, 6.07) is 5.33. The number of nitrogens with one attached hydrogen (secondary N) is 1. The normalized spacial score (nSPS) is 10.1. The van der Waals surface area contributed by atoms with Crippen molar-refractivity contribution in [2.24, 2.45) is 0 Å². The smallest absolute Gasteiger partial charge is 0.257 e. The fourth-order valence-corrected chi connectivity index (χ4v) is 1.81. The van der Waals surface area contributed by atoms with Gasteiger partial charge in [0.15, 0.2) is 12.4 Å². The van der Waals surface area contributed by atoms with Crippen LogP contribution in [0.25, 0.3) is 0 Å². The minimum absolute atomic E-state index is 0.0558. The summed E-state index contributed by atoms with van der Waals surface area (Å²) >= 11 is 3.32. The highest BCUT2D eigenvalue weighted by atomic mass is 79.9. The predicted octanol–water partition coefficient (Wildman–Crippen LogP) is 1.56. The Hall–Kier alpha value is -1.27. The lowest BCUT2D eigenvalue weighted by Gasteiger charge is -2.10. The van der Waals surface area contributed by atoms with E-state index in [1.807, 2.05) is 6.07 Å². The molecule has 1 amide bonds. The lowest BCUT2D eigenvalue weighted by molar-refractivity contribution is -0.123. The van der Waals surface area contributed by atoms with Gasteiger partial charge in [0.1, 0.15) is 0 Å². The first kappa shape index (κ1) is 14.8. The molecule has 0 unspecified atom stereocenters. The molecule has 0 atom stereocenters. The molecule has 1 rings (SSSR count). The monoisotopic (exact) mass is 316 g/mol. The van der Waals surface area contributed by atoms with Crippen LogP contribution in [0.5, 0.6) is 5.75 Å². The number of hydrogen-bond donors (Lipinski definition) is 2. The molecule has 0 spiro atoms. The Morgan fingerprint density at radius 1 is 1.50 bits per heavy atom. The molecular formula is C12H17BrN2O3. The Morgan fingerprint density at radius 3 is 2.94 bits per heavy atom. The lowest BCUT2D eigenvalue weighted by atomic mass is 10.3. The van der Waals surface area contributed by atoms with Crippen molar-refractivity contribution in [3.63, 3.8) is 0 Å². The fourth-order valence-electron chi connectivity index (χ4n) is 1.31. The molecule has 0 saturated carbocycles. The third-order valence-electron chi connectivity index (χ3n) is 2.19. The number of anilines is 1. The number of methoxy groups -OCH3 is 1. The highest BCUT2D eigenvalue weighted by Gasteiger charge is 2.08. The number of benzene rings is 1. The lowest BCUT2D eigenvalue weighted by Crippen LogP contribution is -2.30. The van der Waals surface area contributed by atoms with Crippen molar-refractivity contribution in [3.05, 3.63) is 22.7 Å². The first-order valence-corrected chi connectivity index (χ1v) is 6.37. The number of ether oxygens (including phenoxy) is 2. The van der Waals surface area contributed by atoms with Crippen molar-refractivity contribution in [2.75, 3.05) is 32.6 Å². The van der Waals surface area contributed by atoms with Crippen LogP contribution in [0.1, 0.15) is 6.42 Å². The van der Waals surface area contributed by atoms with Gasteiger partial charge in [0, 0.05) is 20.3 Å². The number of amides is 1. The zero-order valence-corrected chi connectivity index (χ0v) is 11.8. The summed E-state index contributed by atoms with van der Waals surface area (Å²) in [5, 5.41) is 2.73. The summed E-state index contributed by atoms with van der Waals surface area (Å²) in [5.74, 6) is 0.311. The summed E-state index contributed by atoms with van der Waals surface area (Å²) in [6.45, 7) is 1.14. The van der Waals surface area contributed by atoms with E-state index >= 15 is 0 Å². The third kappa shape index (κ3) is 4.93. The highest BCUT2D eigenvalue weighted by Crippen LogP contribution is 2.30. The molecule has 0 aliphatic rings. The van der Waals surface area contributed by atoms with E-state index in [9.17, 15) is 4.79 Å². The maximum atomic E-state index is 11.5. The van der Waals surface area contributed by atoms with Crippen LogP contribution in [-0.4, -0.2) is 32.8 Å². The minimum atomic E-state index is -0.179. The number of nitrogens with two attached hydrogens (primary N) is 1. The van der Waals surface area contributed by atoms with E-state index in [1.165, 1.54) is 0 Å². The molecule has 0 radical (unpaired) electrons. The van der Waals surface area contributed by atoms with E-state index in [1.54, 1.807) is 19.2 Å². The molecule has 0 heterocycles. The van der Waals surface area contributed by atoms with Gasteiger partial charge in [-0.25, -0.2) is 0 Å². The van der Waals surface area contributed by atoms with Crippen LogP contribution >= 0.6 is 15.9 Å². The molecule has 0 bridgehead atoms. The van der Waals surface area contributed by atoms with Crippen LogP contribution in [0.15, 0.2) is 22.7 Å². The van der Waals surface area contributed by atoms with Crippen molar-refractivity contribution in [1.82, 2.24) is 5.32 Å². The second-order valence-electron chi connectivity index (χ2n) is 3.64. The van der Waals surface area contributed by atoms with Gasteiger partial charge < -0.3 is 20.5 Å². The number of nitrogen functional groups attached to an aromatic ring is 1.